The number of phenolic OH excluding ortho intramolecular Hbond substituents is 2. The fraction of sp³-hybridized carbons (Fsp3) is 0.462. The lowest BCUT2D eigenvalue weighted by atomic mass is 10.2. The van der Waals surface area contributed by atoms with Crippen LogP contribution >= 0.6 is 0 Å². The number of aromatic hydroxyl groups is 2. The molecule has 0 atom stereocenters. The number of ether oxygens (including phenoxy) is 7. The first-order valence-electron chi connectivity index (χ1n) is 11.9. The zero-order chi connectivity index (χ0) is 26.6. The molecule has 0 fully saturated rings. The summed E-state index contributed by atoms with van der Waals surface area (Å²) in [6.45, 7) is 4.45. The van der Waals surface area contributed by atoms with Crippen LogP contribution in [0.3, 0.4) is 0 Å². The molecule has 0 saturated heterocycles. The summed E-state index contributed by atoms with van der Waals surface area (Å²) in [6.07, 6.45) is 1.13. The maximum Gasteiger partial charge on any atom is 0.168 e. The number of hydrogen-bond donors (Lipinski definition) is 2. The van der Waals surface area contributed by atoms with Crippen molar-refractivity contribution >= 4 is 12.6 Å². The highest BCUT2D eigenvalue weighted by molar-refractivity contribution is 5.81. The maximum absolute atomic E-state index is 10.8. The van der Waals surface area contributed by atoms with E-state index < -0.39 is 0 Å². The molecule has 2 aromatic carbocycles. The van der Waals surface area contributed by atoms with Gasteiger partial charge in [0.1, 0.15) is 13.2 Å². The Labute approximate surface area is 215 Å². The summed E-state index contributed by atoms with van der Waals surface area (Å²) >= 11 is 0. The van der Waals surface area contributed by atoms with Gasteiger partial charge < -0.3 is 43.4 Å². The van der Waals surface area contributed by atoms with Gasteiger partial charge in [-0.2, -0.15) is 0 Å². The zero-order valence-corrected chi connectivity index (χ0v) is 20.7. The van der Waals surface area contributed by atoms with Crippen LogP contribution in [0.1, 0.15) is 20.7 Å². The lowest BCUT2D eigenvalue weighted by molar-refractivity contribution is -0.0142. The summed E-state index contributed by atoms with van der Waals surface area (Å²) in [6, 6.07) is 9.42. The Bertz CT molecular complexity index is 846. The van der Waals surface area contributed by atoms with E-state index in [1.54, 1.807) is 24.3 Å². The Hall–Kier alpha value is -3.22. The van der Waals surface area contributed by atoms with Gasteiger partial charge in [0, 0.05) is 0 Å². The molecule has 0 heterocycles. The molecule has 0 aliphatic rings. The highest BCUT2D eigenvalue weighted by Crippen LogP contribution is 2.29. The Kier molecular flexibility index (Phi) is 15.4. The van der Waals surface area contributed by atoms with Gasteiger partial charge in [-0.25, -0.2) is 0 Å². The average molecular weight is 523 g/mol. The van der Waals surface area contributed by atoms with Crippen LogP contribution in [0, 0.1) is 0 Å². The fourth-order valence-electron chi connectivity index (χ4n) is 2.90. The van der Waals surface area contributed by atoms with E-state index in [9.17, 15) is 19.8 Å². The third kappa shape index (κ3) is 12.0. The van der Waals surface area contributed by atoms with Crippen molar-refractivity contribution in [3.05, 3.63) is 47.5 Å². The first kappa shape index (κ1) is 30.0. The topological polar surface area (TPSA) is 139 Å². The van der Waals surface area contributed by atoms with Crippen molar-refractivity contribution in [3.63, 3.8) is 0 Å². The molecule has 0 aliphatic carbocycles. The average Bonchev–Trinajstić information content (AvgIpc) is 2.91. The van der Waals surface area contributed by atoms with Crippen LogP contribution in [0.2, 0.25) is 0 Å². The van der Waals surface area contributed by atoms with Gasteiger partial charge in [0.2, 0.25) is 0 Å². The van der Waals surface area contributed by atoms with E-state index in [1.165, 1.54) is 12.1 Å². The number of benzene rings is 2. The molecule has 11 heteroatoms. The number of carbonyl (C=O) groups is 2. The summed E-state index contributed by atoms with van der Waals surface area (Å²) in [5.74, 6) is 0.125. The minimum absolute atomic E-state index is 0.176. The molecule has 0 aliphatic heterocycles. The van der Waals surface area contributed by atoms with E-state index in [4.69, 9.17) is 33.2 Å². The van der Waals surface area contributed by atoms with E-state index in [-0.39, 0.29) is 47.3 Å². The highest BCUT2D eigenvalue weighted by atomic mass is 16.6. The van der Waals surface area contributed by atoms with Gasteiger partial charge in [0.05, 0.1) is 77.2 Å². The zero-order valence-electron chi connectivity index (χ0n) is 20.7. The summed E-state index contributed by atoms with van der Waals surface area (Å²) in [4.78, 5) is 21.6. The van der Waals surface area contributed by atoms with E-state index in [2.05, 4.69) is 0 Å². The summed E-state index contributed by atoms with van der Waals surface area (Å²) < 4.78 is 37.8. The first-order valence-corrected chi connectivity index (χ1v) is 11.9. The molecule has 37 heavy (non-hydrogen) atoms. The molecule has 0 bridgehead atoms. The molecular weight excluding hydrogens is 488 g/mol. The second kappa shape index (κ2) is 19.0. The summed E-state index contributed by atoms with van der Waals surface area (Å²) in [5, 5.41) is 19.6. The van der Waals surface area contributed by atoms with Crippen LogP contribution in [0.5, 0.6) is 23.0 Å². The normalized spacial score (nSPS) is 10.8. The van der Waals surface area contributed by atoms with E-state index >= 15 is 0 Å². The predicted octanol–water partition coefficient (Wildman–Crippen LogP) is 2.26. The predicted molar refractivity (Wildman–Crippen MR) is 132 cm³/mol. The van der Waals surface area contributed by atoms with E-state index in [0.717, 1.165) is 0 Å². The smallest absolute Gasteiger partial charge is 0.168 e. The molecule has 0 amide bonds. The number of carbonyl (C=O) groups excluding carboxylic acids is 2. The third-order valence-corrected chi connectivity index (χ3v) is 4.77. The Morgan fingerprint density at radius 1 is 0.486 bits per heavy atom. The molecule has 0 radical (unpaired) electrons. The lowest BCUT2D eigenvalue weighted by Crippen LogP contribution is -2.15. The summed E-state index contributed by atoms with van der Waals surface area (Å²) in [7, 11) is 0. The van der Waals surface area contributed by atoms with E-state index in [1.807, 2.05) is 0 Å². The van der Waals surface area contributed by atoms with Crippen LogP contribution in [-0.4, -0.2) is 102 Å². The monoisotopic (exact) mass is 522 g/mol. The number of hydrogen-bond acceptors (Lipinski definition) is 11. The third-order valence-electron chi connectivity index (χ3n) is 4.77. The quantitative estimate of drug-likeness (QED) is 0.174. The molecular formula is C26H34O11. The molecule has 0 spiro atoms. The lowest BCUT2D eigenvalue weighted by Gasteiger charge is -2.10. The molecule has 2 rings (SSSR count). The van der Waals surface area contributed by atoms with Crippen molar-refractivity contribution < 1.29 is 53.0 Å². The van der Waals surface area contributed by atoms with Crippen molar-refractivity contribution in [2.24, 2.45) is 0 Å². The number of rotatable bonds is 22. The Morgan fingerprint density at radius 2 is 0.784 bits per heavy atom. The number of aldehydes is 2. The molecule has 2 N–H and O–H groups in total. The van der Waals surface area contributed by atoms with Crippen LogP contribution < -0.4 is 9.47 Å². The highest BCUT2D eigenvalue weighted by Gasteiger charge is 2.08. The fourth-order valence-corrected chi connectivity index (χ4v) is 2.90. The minimum Gasteiger partial charge on any atom is -0.504 e. The first-order chi connectivity index (χ1) is 18.2. The molecule has 2 aromatic rings. The van der Waals surface area contributed by atoms with Crippen LogP contribution in [-0.2, 0) is 23.7 Å². The van der Waals surface area contributed by atoms with Crippen molar-refractivity contribution in [2.45, 2.75) is 0 Å². The molecule has 0 unspecified atom stereocenters. The molecule has 204 valence electrons. The van der Waals surface area contributed by atoms with Gasteiger partial charge in [-0.05, 0) is 24.3 Å². The van der Waals surface area contributed by atoms with Gasteiger partial charge in [-0.3, -0.25) is 9.59 Å². The SMILES string of the molecule is O=Cc1cccc(OCCOCCOCCOCCOCCOCCOc2cccc(C=O)c2O)c1O. The maximum atomic E-state index is 10.8. The molecule has 0 saturated carbocycles. The van der Waals surface area contributed by atoms with Crippen LogP contribution in [0.25, 0.3) is 0 Å². The second-order valence-corrected chi connectivity index (χ2v) is 7.38. The van der Waals surface area contributed by atoms with Crippen molar-refractivity contribution in [3.8, 4) is 23.0 Å². The van der Waals surface area contributed by atoms with Crippen molar-refractivity contribution in [1.82, 2.24) is 0 Å². The van der Waals surface area contributed by atoms with Gasteiger partial charge in [0.25, 0.3) is 0 Å². The second-order valence-electron chi connectivity index (χ2n) is 7.38. The van der Waals surface area contributed by atoms with Gasteiger partial charge in [0.15, 0.2) is 35.6 Å². The Morgan fingerprint density at radius 3 is 1.08 bits per heavy atom. The van der Waals surface area contributed by atoms with Crippen molar-refractivity contribution in [2.75, 3.05) is 79.3 Å². The standard InChI is InChI=1S/C26H34O11/c27-19-21-3-1-5-23(25(21)29)36-17-15-34-13-11-32-9-7-31-8-10-33-12-14-35-16-18-37-24-6-2-4-22(20-28)26(24)30/h1-6,19-20,29-30H,7-18H2. The minimum atomic E-state index is -0.178. The molecule has 0 aromatic heterocycles. The molecule has 11 nitrogen and oxygen atoms in total. The van der Waals surface area contributed by atoms with Crippen LogP contribution in [0.4, 0.5) is 0 Å². The van der Waals surface area contributed by atoms with Gasteiger partial charge in [-0.1, -0.05) is 12.1 Å². The van der Waals surface area contributed by atoms with Crippen LogP contribution in [0.15, 0.2) is 36.4 Å². The number of para-hydroxylation sites is 2. The largest absolute Gasteiger partial charge is 0.504 e. The van der Waals surface area contributed by atoms with Crippen molar-refractivity contribution in [1.29, 1.82) is 0 Å². The Balaban J connectivity index is 1.30. The van der Waals surface area contributed by atoms with Gasteiger partial charge in [-0.15, -0.1) is 0 Å². The number of phenols is 2. The van der Waals surface area contributed by atoms with E-state index in [0.29, 0.717) is 78.6 Å². The van der Waals surface area contributed by atoms with Gasteiger partial charge >= 0.3 is 0 Å². The summed E-state index contributed by atoms with van der Waals surface area (Å²) in [5.41, 5.74) is 0.353.